The van der Waals surface area contributed by atoms with Gasteiger partial charge in [0.15, 0.2) is 5.13 Å². The van der Waals surface area contributed by atoms with Crippen molar-refractivity contribution in [2.75, 3.05) is 11.9 Å². The maximum atomic E-state index is 12.4. The lowest BCUT2D eigenvalue weighted by atomic mass is 10.1. The molecule has 0 bridgehead atoms. The van der Waals surface area contributed by atoms with Gasteiger partial charge < -0.3 is 4.90 Å². The first kappa shape index (κ1) is 19.0. The van der Waals surface area contributed by atoms with E-state index < -0.39 is 10.8 Å². The molecule has 0 atom stereocenters. The molecule has 0 unspecified atom stereocenters. The van der Waals surface area contributed by atoms with Crippen LogP contribution in [-0.2, 0) is 17.8 Å². The van der Waals surface area contributed by atoms with Crippen LogP contribution in [0.2, 0.25) is 0 Å². The van der Waals surface area contributed by atoms with Gasteiger partial charge in [-0.2, -0.15) is 0 Å². The Morgan fingerprint density at radius 2 is 2.11 bits per heavy atom. The highest BCUT2D eigenvalue weighted by molar-refractivity contribution is 7.15. The van der Waals surface area contributed by atoms with Gasteiger partial charge in [-0.3, -0.25) is 25.0 Å². The van der Waals surface area contributed by atoms with Crippen LogP contribution in [0.4, 0.5) is 10.8 Å². The van der Waals surface area contributed by atoms with Crippen molar-refractivity contribution in [1.29, 1.82) is 0 Å². The van der Waals surface area contributed by atoms with E-state index in [2.05, 4.69) is 10.3 Å². The number of carbonyl (C=O) groups is 2. The first-order valence-electron chi connectivity index (χ1n) is 8.66. The fourth-order valence-electron chi connectivity index (χ4n) is 2.93. The van der Waals surface area contributed by atoms with E-state index in [-0.39, 0.29) is 17.2 Å². The zero-order valence-electron chi connectivity index (χ0n) is 15.1. The second kappa shape index (κ2) is 7.83. The van der Waals surface area contributed by atoms with Crippen molar-refractivity contribution in [1.82, 2.24) is 9.88 Å². The van der Waals surface area contributed by atoms with Crippen molar-refractivity contribution in [2.24, 2.45) is 5.92 Å². The SMILES string of the molecule is CC(C)CC(=O)N1CCc2nc(NC(=O)c3ccccc3[N+](=O)[O-])sc2C1. The number of nitro benzene ring substituents is 1. The number of amides is 2. The Morgan fingerprint density at radius 1 is 1.37 bits per heavy atom. The number of aromatic nitrogens is 1. The zero-order valence-corrected chi connectivity index (χ0v) is 15.9. The molecule has 2 heterocycles. The van der Waals surface area contributed by atoms with E-state index in [1.54, 1.807) is 6.07 Å². The number of rotatable bonds is 5. The molecule has 0 radical (unpaired) electrons. The lowest BCUT2D eigenvalue weighted by molar-refractivity contribution is -0.385. The van der Waals surface area contributed by atoms with Crippen LogP contribution in [0.15, 0.2) is 24.3 Å². The summed E-state index contributed by atoms with van der Waals surface area (Å²) >= 11 is 1.31. The van der Waals surface area contributed by atoms with Gasteiger partial charge in [-0.25, -0.2) is 4.98 Å². The van der Waals surface area contributed by atoms with E-state index >= 15 is 0 Å². The second-order valence-corrected chi connectivity index (χ2v) is 7.86. The van der Waals surface area contributed by atoms with E-state index in [1.165, 1.54) is 29.5 Å². The largest absolute Gasteiger partial charge is 0.337 e. The number of nitrogens with zero attached hydrogens (tertiary/aromatic N) is 3. The Balaban J connectivity index is 1.73. The molecule has 2 amide bonds. The third-order valence-electron chi connectivity index (χ3n) is 4.23. The first-order valence-corrected chi connectivity index (χ1v) is 9.48. The molecular formula is C18H20N4O4S. The molecule has 0 fully saturated rings. The fraction of sp³-hybridized carbons (Fsp3) is 0.389. The highest BCUT2D eigenvalue weighted by Crippen LogP contribution is 2.29. The van der Waals surface area contributed by atoms with Crippen molar-refractivity contribution in [2.45, 2.75) is 33.2 Å². The van der Waals surface area contributed by atoms with Crippen molar-refractivity contribution < 1.29 is 14.5 Å². The minimum absolute atomic E-state index is 0.00981. The van der Waals surface area contributed by atoms with E-state index in [0.717, 1.165) is 10.6 Å². The summed E-state index contributed by atoms with van der Waals surface area (Å²) in [7, 11) is 0. The van der Waals surface area contributed by atoms with Gasteiger partial charge in [0.2, 0.25) is 5.91 Å². The van der Waals surface area contributed by atoms with Gasteiger partial charge in [-0.15, -0.1) is 0 Å². The molecule has 1 aromatic carbocycles. The second-order valence-electron chi connectivity index (χ2n) is 6.78. The van der Waals surface area contributed by atoms with Crippen LogP contribution in [0, 0.1) is 16.0 Å². The smallest absolute Gasteiger partial charge is 0.282 e. The third kappa shape index (κ3) is 4.30. The highest BCUT2D eigenvalue weighted by atomic mass is 32.1. The van der Waals surface area contributed by atoms with Gasteiger partial charge in [0.25, 0.3) is 11.6 Å². The summed E-state index contributed by atoms with van der Waals surface area (Å²) in [6.45, 7) is 5.12. The number of benzene rings is 1. The molecule has 27 heavy (non-hydrogen) atoms. The van der Waals surface area contributed by atoms with E-state index in [9.17, 15) is 19.7 Å². The van der Waals surface area contributed by atoms with Gasteiger partial charge in [0.05, 0.1) is 17.2 Å². The Bertz CT molecular complexity index is 893. The minimum atomic E-state index is -0.583. The van der Waals surface area contributed by atoms with Crippen molar-refractivity contribution in [3.05, 3.63) is 50.5 Å². The molecule has 3 rings (SSSR count). The number of hydrogen-bond acceptors (Lipinski definition) is 6. The number of thiazole rings is 1. The fourth-order valence-corrected chi connectivity index (χ4v) is 3.95. The van der Waals surface area contributed by atoms with Crippen molar-refractivity contribution in [3.63, 3.8) is 0 Å². The zero-order chi connectivity index (χ0) is 19.6. The number of fused-ring (bicyclic) bond motifs is 1. The van der Waals surface area contributed by atoms with Crippen LogP contribution in [0.5, 0.6) is 0 Å². The number of para-hydroxylation sites is 1. The highest BCUT2D eigenvalue weighted by Gasteiger charge is 2.26. The summed E-state index contributed by atoms with van der Waals surface area (Å²) in [6.07, 6.45) is 1.15. The maximum Gasteiger partial charge on any atom is 0.282 e. The molecule has 0 saturated carbocycles. The molecule has 8 nitrogen and oxygen atoms in total. The standard InChI is InChI=1S/C18H20N4O4S/c1-11(2)9-16(23)21-8-7-13-15(10-21)27-18(19-13)20-17(24)12-5-3-4-6-14(12)22(25)26/h3-6,11H,7-10H2,1-2H3,(H,19,20,24). The summed E-state index contributed by atoms with van der Waals surface area (Å²) < 4.78 is 0. The van der Waals surface area contributed by atoms with E-state index in [0.29, 0.717) is 37.0 Å². The van der Waals surface area contributed by atoms with E-state index in [1.807, 2.05) is 18.7 Å². The molecule has 0 spiro atoms. The summed E-state index contributed by atoms with van der Waals surface area (Å²) in [5, 5.41) is 14.1. The van der Waals surface area contributed by atoms with E-state index in [4.69, 9.17) is 0 Å². The monoisotopic (exact) mass is 388 g/mol. The first-order chi connectivity index (χ1) is 12.8. The van der Waals surface area contributed by atoms with Crippen LogP contribution >= 0.6 is 11.3 Å². The van der Waals surface area contributed by atoms with Crippen LogP contribution in [-0.4, -0.2) is 33.2 Å². The van der Waals surface area contributed by atoms with Crippen molar-refractivity contribution in [3.8, 4) is 0 Å². The lowest BCUT2D eigenvalue weighted by Crippen LogP contribution is -2.36. The van der Waals surface area contributed by atoms with Crippen LogP contribution in [0.3, 0.4) is 0 Å². The predicted molar refractivity (Wildman–Crippen MR) is 102 cm³/mol. The van der Waals surface area contributed by atoms with Crippen LogP contribution in [0.25, 0.3) is 0 Å². The molecule has 2 aromatic rings. The Labute approximate surface area is 160 Å². The predicted octanol–water partition coefficient (Wildman–Crippen LogP) is 3.23. The number of nitrogens with one attached hydrogen (secondary N) is 1. The number of nitro groups is 1. The molecule has 1 N–H and O–H groups in total. The summed E-state index contributed by atoms with van der Waals surface area (Å²) in [4.78, 5) is 42.4. The van der Waals surface area contributed by atoms with Gasteiger partial charge >= 0.3 is 0 Å². The number of hydrogen-bond donors (Lipinski definition) is 1. The average molecular weight is 388 g/mol. The van der Waals surface area contributed by atoms with Gasteiger partial charge in [-0.05, 0) is 12.0 Å². The Kier molecular flexibility index (Phi) is 5.50. The van der Waals surface area contributed by atoms with Crippen molar-refractivity contribution >= 4 is 34.0 Å². The quantitative estimate of drug-likeness (QED) is 0.625. The molecule has 1 aromatic heterocycles. The summed E-state index contributed by atoms with van der Waals surface area (Å²) in [6, 6.07) is 5.79. The number of carbonyl (C=O) groups excluding carboxylic acids is 2. The normalized spacial score (nSPS) is 13.4. The Hall–Kier alpha value is -2.81. The van der Waals surface area contributed by atoms with Gasteiger partial charge in [0.1, 0.15) is 5.56 Å². The molecule has 142 valence electrons. The van der Waals surface area contributed by atoms with Crippen LogP contribution in [0.1, 0.15) is 41.2 Å². The third-order valence-corrected chi connectivity index (χ3v) is 5.23. The van der Waals surface area contributed by atoms with Gasteiger partial charge in [0, 0.05) is 30.3 Å². The molecular weight excluding hydrogens is 368 g/mol. The summed E-state index contributed by atoms with van der Waals surface area (Å²) in [5.74, 6) is -0.146. The minimum Gasteiger partial charge on any atom is -0.337 e. The lowest BCUT2D eigenvalue weighted by Gasteiger charge is -2.26. The summed E-state index contributed by atoms with van der Waals surface area (Å²) in [5.41, 5.74) is 0.609. The van der Waals surface area contributed by atoms with Crippen LogP contribution < -0.4 is 5.32 Å². The maximum absolute atomic E-state index is 12.4. The number of anilines is 1. The molecule has 0 saturated heterocycles. The van der Waals surface area contributed by atoms with Gasteiger partial charge in [-0.1, -0.05) is 37.3 Å². The Morgan fingerprint density at radius 3 is 2.81 bits per heavy atom. The average Bonchev–Trinajstić information content (AvgIpc) is 3.02. The molecule has 0 aliphatic carbocycles. The molecule has 9 heteroatoms. The molecule has 1 aliphatic heterocycles. The topological polar surface area (TPSA) is 105 Å². The molecule has 1 aliphatic rings.